The third kappa shape index (κ3) is 4.04. The van der Waals surface area contributed by atoms with Crippen molar-refractivity contribution in [3.63, 3.8) is 0 Å². The van der Waals surface area contributed by atoms with Gasteiger partial charge in [0.2, 0.25) is 0 Å². The van der Waals surface area contributed by atoms with Gasteiger partial charge in [0.05, 0.1) is 18.5 Å². The molecule has 0 amide bonds. The molecule has 2 rings (SSSR count). The van der Waals surface area contributed by atoms with Crippen molar-refractivity contribution >= 4 is 12.0 Å². The van der Waals surface area contributed by atoms with Gasteiger partial charge in [0.15, 0.2) is 0 Å². The Morgan fingerprint density at radius 3 is 2.82 bits per heavy atom. The summed E-state index contributed by atoms with van der Waals surface area (Å²) in [5.74, 6) is -0.674. The van der Waals surface area contributed by atoms with E-state index in [1.165, 1.54) is 13.2 Å². The summed E-state index contributed by atoms with van der Waals surface area (Å²) in [7, 11) is 1.51. The van der Waals surface area contributed by atoms with Gasteiger partial charge in [-0.15, -0.1) is 0 Å². The Hall–Kier alpha value is -2.91. The lowest BCUT2D eigenvalue weighted by Crippen LogP contribution is -2.11. The minimum Gasteiger partial charge on any atom is -0.459 e. The van der Waals surface area contributed by atoms with Gasteiger partial charge in [-0.25, -0.2) is 9.48 Å². The van der Waals surface area contributed by atoms with E-state index in [1.54, 1.807) is 17.1 Å². The van der Waals surface area contributed by atoms with Crippen molar-refractivity contribution in [1.82, 2.24) is 9.78 Å². The number of nitriles is 1. The van der Waals surface area contributed by atoms with E-state index in [9.17, 15) is 4.79 Å². The normalized spacial score (nSPS) is 11.0. The van der Waals surface area contributed by atoms with Crippen LogP contribution in [0, 0.1) is 11.3 Å². The lowest BCUT2D eigenvalue weighted by Gasteiger charge is -2.02. The Bertz CT molecular complexity index is 699. The number of methoxy groups -OCH3 is 1. The zero-order valence-electron chi connectivity index (χ0n) is 12.1. The molecule has 0 saturated heterocycles. The minimum absolute atomic E-state index is 0.0799. The third-order valence-electron chi connectivity index (χ3n) is 2.80. The van der Waals surface area contributed by atoms with E-state index in [4.69, 9.17) is 14.7 Å². The molecule has 0 radical (unpaired) electrons. The molecule has 0 N–H and O–H groups in total. The zero-order chi connectivity index (χ0) is 15.8. The molecule has 0 saturated carbocycles. The molecule has 0 bridgehead atoms. The van der Waals surface area contributed by atoms with Crippen molar-refractivity contribution < 1.29 is 14.3 Å². The molecule has 0 atom stereocenters. The Balaban J connectivity index is 2.12. The number of rotatable bonds is 6. The molecule has 0 unspecified atom stereocenters. The second-order valence-corrected chi connectivity index (χ2v) is 4.35. The first-order valence-corrected chi connectivity index (χ1v) is 6.62. The van der Waals surface area contributed by atoms with Crippen LogP contribution in [0.15, 0.2) is 48.3 Å². The highest BCUT2D eigenvalue weighted by atomic mass is 16.6. The Labute approximate surface area is 128 Å². The Morgan fingerprint density at radius 2 is 2.14 bits per heavy atom. The molecular weight excluding hydrogens is 282 g/mol. The Kier molecular flexibility index (Phi) is 5.46. The quantitative estimate of drug-likeness (QED) is 0.352. The van der Waals surface area contributed by atoms with Crippen LogP contribution < -0.4 is 0 Å². The molecular formula is C16H15N3O3. The fourth-order valence-electron chi connectivity index (χ4n) is 1.73. The van der Waals surface area contributed by atoms with Gasteiger partial charge < -0.3 is 9.47 Å². The highest BCUT2D eigenvalue weighted by Gasteiger charge is 2.11. The van der Waals surface area contributed by atoms with Crippen LogP contribution in [0.5, 0.6) is 0 Å². The van der Waals surface area contributed by atoms with Crippen molar-refractivity contribution in [2.24, 2.45) is 0 Å². The average molecular weight is 297 g/mol. The standard InChI is InChI=1S/C16H15N3O3/c1-21-7-8-22-16(20)14(10-17)9-13-11-18-19(12-13)15-5-3-2-4-6-15/h2-6,9,11-12H,7-8H2,1H3/b14-9+. The number of para-hydroxylation sites is 1. The third-order valence-corrected chi connectivity index (χ3v) is 2.80. The lowest BCUT2D eigenvalue weighted by atomic mass is 10.2. The molecule has 6 heteroatoms. The highest BCUT2D eigenvalue weighted by molar-refractivity contribution is 5.97. The van der Waals surface area contributed by atoms with Gasteiger partial charge in [0.1, 0.15) is 18.2 Å². The van der Waals surface area contributed by atoms with E-state index < -0.39 is 5.97 Å². The van der Waals surface area contributed by atoms with Gasteiger partial charge in [-0.2, -0.15) is 10.4 Å². The predicted octanol–water partition coefficient (Wildman–Crippen LogP) is 1.97. The molecule has 22 heavy (non-hydrogen) atoms. The van der Waals surface area contributed by atoms with E-state index in [0.717, 1.165) is 5.69 Å². The molecule has 0 aliphatic carbocycles. The summed E-state index contributed by atoms with van der Waals surface area (Å²) in [6.45, 7) is 0.397. The highest BCUT2D eigenvalue weighted by Crippen LogP contribution is 2.11. The first-order chi connectivity index (χ1) is 10.7. The molecule has 112 valence electrons. The number of carbonyl (C=O) groups excluding carboxylic acids is 1. The number of hydrogen-bond acceptors (Lipinski definition) is 5. The molecule has 1 aromatic heterocycles. The maximum atomic E-state index is 11.7. The number of aromatic nitrogens is 2. The predicted molar refractivity (Wildman–Crippen MR) is 80.0 cm³/mol. The van der Waals surface area contributed by atoms with E-state index in [1.807, 2.05) is 36.4 Å². The topological polar surface area (TPSA) is 77.1 Å². The van der Waals surface area contributed by atoms with E-state index in [0.29, 0.717) is 5.56 Å². The number of esters is 1. The second-order valence-electron chi connectivity index (χ2n) is 4.35. The lowest BCUT2D eigenvalue weighted by molar-refractivity contribution is -0.139. The summed E-state index contributed by atoms with van der Waals surface area (Å²) in [6.07, 6.45) is 4.75. The van der Waals surface area contributed by atoms with Gasteiger partial charge in [-0.3, -0.25) is 0 Å². The summed E-state index contributed by atoms with van der Waals surface area (Å²) >= 11 is 0. The van der Waals surface area contributed by atoms with Crippen LogP contribution in [0.4, 0.5) is 0 Å². The number of hydrogen-bond donors (Lipinski definition) is 0. The van der Waals surface area contributed by atoms with Crippen molar-refractivity contribution in [1.29, 1.82) is 5.26 Å². The van der Waals surface area contributed by atoms with Crippen LogP contribution in [-0.4, -0.2) is 36.1 Å². The van der Waals surface area contributed by atoms with Crippen LogP contribution >= 0.6 is 0 Å². The average Bonchev–Trinajstić information content (AvgIpc) is 3.02. The number of carbonyl (C=O) groups is 1. The molecule has 2 aromatic rings. The fourth-order valence-corrected chi connectivity index (χ4v) is 1.73. The largest absolute Gasteiger partial charge is 0.459 e. The summed E-state index contributed by atoms with van der Waals surface area (Å²) < 4.78 is 11.4. The molecule has 0 aliphatic heterocycles. The van der Waals surface area contributed by atoms with Gasteiger partial charge in [0, 0.05) is 18.9 Å². The van der Waals surface area contributed by atoms with E-state index in [-0.39, 0.29) is 18.8 Å². The molecule has 6 nitrogen and oxygen atoms in total. The SMILES string of the molecule is COCCOC(=O)/C(C#N)=C/c1cnn(-c2ccccc2)c1. The summed E-state index contributed by atoms with van der Waals surface area (Å²) in [5.41, 5.74) is 1.45. The van der Waals surface area contributed by atoms with Gasteiger partial charge >= 0.3 is 5.97 Å². The number of benzene rings is 1. The van der Waals surface area contributed by atoms with Crippen molar-refractivity contribution in [2.75, 3.05) is 20.3 Å². The van der Waals surface area contributed by atoms with Crippen LogP contribution in [0.2, 0.25) is 0 Å². The molecule has 1 heterocycles. The van der Waals surface area contributed by atoms with Crippen molar-refractivity contribution in [2.45, 2.75) is 0 Å². The first kappa shape index (κ1) is 15.5. The van der Waals surface area contributed by atoms with Crippen LogP contribution in [0.1, 0.15) is 5.56 Å². The molecule has 0 fully saturated rings. The Morgan fingerprint density at radius 1 is 1.36 bits per heavy atom. The smallest absolute Gasteiger partial charge is 0.348 e. The summed E-state index contributed by atoms with van der Waals surface area (Å²) in [4.78, 5) is 11.7. The van der Waals surface area contributed by atoms with Crippen molar-refractivity contribution in [3.05, 3.63) is 53.9 Å². The summed E-state index contributed by atoms with van der Waals surface area (Å²) in [5, 5.41) is 13.3. The minimum atomic E-state index is -0.674. The fraction of sp³-hybridized carbons (Fsp3) is 0.188. The van der Waals surface area contributed by atoms with E-state index >= 15 is 0 Å². The molecule has 0 aliphatic rings. The monoisotopic (exact) mass is 297 g/mol. The second kappa shape index (κ2) is 7.76. The molecule has 0 spiro atoms. The van der Waals surface area contributed by atoms with E-state index in [2.05, 4.69) is 5.10 Å². The maximum Gasteiger partial charge on any atom is 0.348 e. The first-order valence-electron chi connectivity index (χ1n) is 6.62. The van der Waals surface area contributed by atoms with Gasteiger partial charge in [-0.1, -0.05) is 18.2 Å². The van der Waals surface area contributed by atoms with Crippen molar-refractivity contribution in [3.8, 4) is 11.8 Å². The maximum absolute atomic E-state index is 11.7. The van der Waals surface area contributed by atoms with Crippen LogP contribution in [0.3, 0.4) is 0 Å². The van der Waals surface area contributed by atoms with Gasteiger partial charge in [0.25, 0.3) is 0 Å². The zero-order valence-corrected chi connectivity index (χ0v) is 12.1. The number of ether oxygens (including phenoxy) is 2. The number of nitrogens with zero attached hydrogens (tertiary/aromatic N) is 3. The van der Waals surface area contributed by atoms with Crippen LogP contribution in [0.25, 0.3) is 11.8 Å². The van der Waals surface area contributed by atoms with Gasteiger partial charge in [-0.05, 0) is 18.2 Å². The molecule has 1 aromatic carbocycles. The summed E-state index contributed by atoms with van der Waals surface area (Å²) in [6, 6.07) is 11.4. The van der Waals surface area contributed by atoms with Crippen LogP contribution in [-0.2, 0) is 14.3 Å².